The van der Waals surface area contributed by atoms with Crippen LogP contribution in [0.5, 0.6) is 0 Å². The molecule has 1 aromatic carbocycles. The van der Waals surface area contributed by atoms with Gasteiger partial charge in [-0.2, -0.15) is 0 Å². The van der Waals surface area contributed by atoms with Crippen LogP contribution < -0.4 is 5.73 Å². The van der Waals surface area contributed by atoms with Crippen LogP contribution in [-0.4, -0.2) is 4.92 Å². The normalized spacial score (nSPS) is 8.79. The standard InChI is InChI=1S/C7H8N2O2.C3H8/c1-5-2-3-6(8)7(4-5)9(10)11;1-3-2/h2-4H,8H2,1H3;3H2,1-2H3. The van der Waals surface area contributed by atoms with E-state index in [0.717, 1.165) is 5.56 Å². The van der Waals surface area contributed by atoms with Crippen molar-refractivity contribution in [3.63, 3.8) is 0 Å². The maximum Gasteiger partial charge on any atom is 0.292 e. The fourth-order valence-corrected chi connectivity index (χ4v) is 0.812. The number of anilines is 1. The Kier molecular flexibility index (Phi) is 5.29. The number of nitrogens with zero attached hydrogens (tertiary/aromatic N) is 1. The van der Waals surface area contributed by atoms with Gasteiger partial charge in [-0.05, 0) is 18.6 Å². The fourth-order valence-electron chi connectivity index (χ4n) is 0.812. The molecule has 1 rings (SSSR count). The van der Waals surface area contributed by atoms with Crippen molar-refractivity contribution in [1.82, 2.24) is 0 Å². The highest BCUT2D eigenvalue weighted by molar-refractivity contribution is 5.58. The van der Waals surface area contributed by atoms with E-state index in [1.54, 1.807) is 13.0 Å². The molecular weight excluding hydrogens is 180 g/mol. The Labute approximate surface area is 83.9 Å². The molecule has 0 heterocycles. The molecular formula is C10H16N2O2. The van der Waals surface area contributed by atoms with Crippen LogP contribution in [0.25, 0.3) is 0 Å². The lowest BCUT2D eigenvalue weighted by Crippen LogP contribution is -1.95. The lowest BCUT2D eigenvalue weighted by Gasteiger charge is -1.96. The second kappa shape index (κ2) is 5.96. The summed E-state index contributed by atoms with van der Waals surface area (Å²) in [7, 11) is 0. The highest BCUT2D eigenvalue weighted by Crippen LogP contribution is 2.21. The third kappa shape index (κ3) is 3.89. The molecule has 0 atom stereocenters. The second-order valence-electron chi connectivity index (χ2n) is 3.03. The van der Waals surface area contributed by atoms with E-state index < -0.39 is 4.92 Å². The van der Waals surface area contributed by atoms with E-state index in [9.17, 15) is 10.1 Å². The molecule has 78 valence electrons. The van der Waals surface area contributed by atoms with Crippen molar-refractivity contribution < 1.29 is 4.92 Å². The number of hydrogen-bond donors (Lipinski definition) is 1. The zero-order valence-electron chi connectivity index (χ0n) is 8.78. The van der Waals surface area contributed by atoms with Crippen molar-refractivity contribution in [3.8, 4) is 0 Å². The fraction of sp³-hybridized carbons (Fsp3) is 0.400. The summed E-state index contributed by atoms with van der Waals surface area (Å²) in [5, 5.41) is 10.3. The average Bonchev–Trinajstić information content (AvgIpc) is 2.10. The largest absolute Gasteiger partial charge is 0.393 e. The zero-order chi connectivity index (χ0) is 11.1. The topological polar surface area (TPSA) is 69.2 Å². The number of hydrogen-bond acceptors (Lipinski definition) is 3. The van der Waals surface area contributed by atoms with Gasteiger partial charge in [-0.25, -0.2) is 0 Å². The first-order valence-electron chi connectivity index (χ1n) is 4.53. The van der Waals surface area contributed by atoms with E-state index in [-0.39, 0.29) is 11.4 Å². The molecule has 14 heavy (non-hydrogen) atoms. The number of nitro groups is 1. The van der Waals surface area contributed by atoms with Gasteiger partial charge in [0.2, 0.25) is 0 Å². The van der Waals surface area contributed by atoms with Crippen molar-refractivity contribution in [3.05, 3.63) is 33.9 Å². The van der Waals surface area contributed by atoms with Crippen molar-refractivity contribution in [1.29, 1.82) is 0 Å². The number of aryl methyl sites for hydroxylation is 1. The van der Waals surface area contributed by atoms with E-state index in [4.69, 9.17) is 5.73 Å². The molecule has 4 heteroatoms. The highest BCUT2D eigenvalue weighted by atomic mass is 16.6. The summed E-state index contributed by atoms with van der Waals surface area (Å²) >= 11 is 0. The Bertz CT molecular complexity index is 311. The highest BCUT2D eigenvalue weighted by Gasteiger charge is 2.09. The van der Waals surface area contributed by atoms with Crippen molar-refractivity contribution in [2.45, 2.75) is 27.2 Å². The summed E-state index contributed by atoms with van der Waals surface area (Å²) < 4.78 is 0. The number of nitrogens with two attached hydrogens (primary N) is 1. The van der Waals surface area contributed by atoms with Crippen LogP contribution in [0.3, 0.4) is 0 Å². The molecule has 4 nitrogen and oxygen atoms in total. The van der Waals surface area contributed by atoms with Crippen LogP contribution in [0.2, 0.25) is 0 Å². The Balaban J connectivity index is 0.000000500. The maximum atomic E-state index is 10.3. The number of rotatable bonds is 1. The lowest BCUT2D eigenvalue weighted by molar-refractivity contribution is -0.383. The first-order valence-corrected chi connectivity index (χ1v) is 4.53. The molecule has 0 saturated heterocycles. The summed E-state index contributed by atoms with van der Waals surface area (Å²) in [4.78, 5) is 9.82. The molecule has 0 saturated carbocycles. The van der Waals surface area contributed by atoms with Crippen LogP contribution >= 0.6 is 0 Å². The van der Waals surface area contributed by atoms with Crippen molar-refractivity contribution in [2.24, 2.45) is 0 Å². The van der Waals surface area contributed by atoms with Gasteiger partial charge in [0.05, 0.1) is 4.92 Å². The quantitative estimate of drug-likeness (QED) is 0.426. The minimum absolute atomic E-state index is 0.0231. The van der Waals surface area contributed by atoms with Crippen LogP contribution in [-0.2, 0) is 0 Å². The Morgan fingerprint density at radius 2 is 1.93 bits per heavy atom. The molecule has 0 aliphatic carbocycles. The van der Waals surface area contributed by atoms with Gasteiger partial charge in [0.25, 0.3) is 5.69 Å². The number of benzene rings is 1. The van der Waals surface area contributed by atoms with E-state index in [1.165, 1.54) is 18.6 Å². The van der Waals surface area contributed by atoms with E-state index in [0.29, 0.717) is 0 Å². The minimum Gasteiger partial charge on any atom is -0.393 e. The summed E-state index contributed by atoms with van der Waals surface area (Å²) in [6, 6.07) is 4.73. The van der Waals surface area contributed by atoms with E-state index in [2.05, 4.69) is 13.8 Å². The molecule has 2 N–H and O–H groups in total. The molecule has 0 fully saturated rings. The number of nitro benzene ring substituents is 1. The Morgan fingerprint density at radius 1 is 1.43 bits per heavy atom. The molecule has 0 aliphatic rings. The lowest BCUT2D eigenvalue weighted by atomic mass is 10.2. The summed E-state index contributed by atoms with van der Waals surface area (Å²) in [6.45, 7) is 6.03. The maximum absolute atomic E-state index is 10.3. The molecule has 0 amide bonds. The smallest absolute Gasteiger partial charge is 0.292 e. The molecule has 0 aromatic heterocycles. The first-order chi connectivity index (χ1) is 6.52. The zero-order valence-corrected chi connectivity index (χ0v) is 8.78. The van der Waals surface area contributed by atoms with Crippen LogP contribution in [0.4, 0.5) is 11.4 Å². The van der Waals surface area contributed by atoms with E-state index in [1.807, 2.05) is 0 Å². The van der Waals surface area contributed by atoms with E-state index >= 15 is 0 Å². The van der Waals surface area contributed by atoms with Gasteiger partial charge in [-0.1, -0.05) is 26.3 Å². The monoisotopic (exact) mass is 196 g/mol. The average molecular weight is 196 g/mol. The van der Waals surface area contributed by atoms with Gasteiger partial charge >= 0.3 is 0 Å². The second-order valence-corrected chi connectivity index (χ2v) is 3.03. The Morgan fingerprint density at radius 3 is 2.29 bits per heavy atom. The van der Waals surface area contributed by atoms with Crippen LogP contribution in [0.15, 0.2) is 18.2 Å². The molecule has 1 aromatic rings. The Hall–Kier alpha value is -1.58. The summed E-state index contributed by atoms with van der Waals surface area (Å²) in [5.41, 5.74) is 6.37. The molecule has 0 bridgehead atoms. The molecule has 0 unspecified atom stereocenters. The molecule has 0 aliphatic heterocycles. The SMILES string of the molecule is CCC.Cc1ccc(N)c([N+](=O)[O-])c1. The van der Waals surface area contributed by atoms with Gasteiger partial charge in [0, 0.05) is 6.07 Å². The predicted molar refractivity (Wildman–Crippen MR) is 58.2 cm³/mol. The van der Waals surface area contributed by atoms with Gasteiger partial charge in [-0.15, -0.1) is 0 Å². The van der Waals surface area contributed by atoms with Gasteiger partial charge in [0.1, 0.15) is 5.69 Å². The molecule has 0 spiro atoms. The number of nitrogen functional groups attached to an aromatic ring is 1. The third-order valence-corrected chi connectivity index (χ3v) is 1.38. The summed E-state index contributed by atoms with van der Waals surface area (Å²) in [5.74, 6) is 0. The molecule has 0 radical (unpaired) electrons. The first kappa shape index (κ1) is 12.4. The van der Waals surface area contributed by atoms with Gasteiger partial charge in [-0.3, -0.25) is 10.1 Å². The van der Waals surface area contributed by atoms with Gasteiger partial charge in [0.15, 0.2) is 0 Å². The van der Waals surface area contributed by atoms with Crippen LogP contribution in [0, 0.1) is 17.0 Å². The van der Waals surface area contributed by atoms with Gasteiger partial charge < -0.3 is 5.73 Å². The third-order valence-electron chi connectivity index (χ3n) is 1.38. The minimum atomic E-state index is -0.484. The van der Waals surface area contributed by atoms with Crippen LogP contribution in [0.1, 0.15) is 25.8 Å². The predicted octanol–water partition coefficient (Wildman–Crippen LogP) is 2.90. The summed E-state index contributed by atoms with van der Waals surface area (Å²) in [6.07, 6.45) is 1.25. The van der Waals surface area contributed by atoms with Crippen molar-refractivity contribution >= 4 is 11.4 Å². The van der Waals surface area contributed by atoms with Crippen molar-refractivity contribution in [2.75, 3.05) is 5.73 Å².